The summed E-state index contributed by atoms with van der Waals surface area (Å²) in [4.78, 5) is 25.5. The van der Waals surface area contributed by atoms with Crippen LogP contribution >= 0.6 is 0 Å². The molecule has 3 aromatic carbocycles. The van der Waals surface area contributed by atoms with Crippen LogP contribution in [0.1, 0.15) is 26.3 Å². The molecule has 0 radical (unpaired) electrons. The first-order valence-corrected chi connectivity index (χ1v) is 9.60. The van der Waals surface area contributed by atoms with Crippen LogP contribution in [-0.2, 0) is 6.54 Å². The highest BCUT2D eigenvalue weighted by atomic mass is 16.5. The predicted molar refractivity (Wildman–Crippen MR) is 118 cm³/mol. The summed E-state index contributed by atoms with van der Waals surface area (Å²) < 4.78 is 15.8. The average molecular weight is 420 g/mol. The van der Waals surface area contributed by atoms with Crippen molar-refractivity contribution in [1.29, 1.82) is 0 Å². The van der Waals surface area contributed by atoms with Crippen LogP contribution in [0.5, 0.6) is 17.2 Å². The minimum atomic E-state index is -0.324. The second-order valence-corrected chi connectivity index (χ2v) is 6.56. The van der Waals surface area contributed by atoms with Gasteiger partial charge in [0.25, 0.3) is 11.8 Å². The number of carbonyl (C=O) groups is 2. The van der Waals surface area contributed by atoms with Gasteiger partial charge in [0.05, 0.1) is 32.6 Å². The van der Waals surface area contributed by atoms with Crippen LogP contribution in [-0.4, -0.2) is 33.1 Å². The van der Waals surface area contributed by atoms with Crippen molar-refractivity contribution in [3.8, 4) is 17.2 Å². The maximum Gasteiger partial charge on any atom is 0.255 e. The number of anilines is 1. The number of para-hydroxylation sites is 2. The molecule has 7 heteroatoms. The molecule has 3 rings (SSSR count). The van der Waals surface area contributed by atoms with Gasteiger partial charge in [0.1, 0.15) is 5.75 Å². The van der Waals surface area contributed by atoms with E-state index in [1.54, 1.807) is 75.9 Å². The molecule has 0 unspecified atom stereocenters. The first-order valence-electron chi connectivity index (χ1n) is 9.60. The maximum atomic E-state index is 12.8. The van der Waals surface area contributed by atoms with Crippen molar-refractivity contribution < 1.29 is 23.8 Å². The summed E-state index contributed by atoms with van der Waals surface area (Å²) in [5, 5.41) is 5.67. The van der Waals surface area contributed by atoms with E-state index in [4.69, 9.17) is 14.2 Å². The Kier molecular flexibility index (Phi) is 7.11. The van der Waals surface area contributed by atoms with Gasteiger partial charge >= 0.3 is 0 Å². The third-order valence-corrected chi connectivity index (χ3v) is 4.70. The van der Waals surface area contributed by atoms with E-state index in [0.717, 1.165) is 5.56 Å². The van der Waals surface area contributed by atoms with Gasteiger partial charge in [-0.15, -0.1) is 0 Å². The smallest absolute Gasteiger partial charge is 0.255 e. The summed E-state index contributed by atoms with van der Waals surface area (Å²) in [6.07, 6.45) is 0. The van der Waals surface area contributed by atoms with Crippen LogP contribution in [0.4, 0.5) is 5.69 Å². The van der Waals surface area contributed by atoms with Gasteiger partial charge in [-0.25, -0.2) is 0 Å². The number of nitrogens with one attached hydrogen (secondary N) is 2. The minimum absolute atomic E-state index is 0.236. The molecule has 0 spiro atoms. The monoisotopic (exact) mass is 420 g/mol. The lowest BCUT2D eigenvalue weighted by Crippen LogP contribution is -2.25. The Hall–Kier alpha value is -4.00. The van der Waals surface area contributed by atoms with E-state index in [2.05, 4.69) is 10.6 Å². The number of ether oxygens (including phenoxy) is 3. The topological polar surface area (TPSA) is 85.9 Å². The van der Waals surface area contributed by atoms with Crippen molar-refractivity contribution in [2.75, 3.05) is 26.6 Å². The van der Waals surface area contributed by atoms with Crippen molar-refractivity contribution in [2.45, 2.75) is 6.54 Å². The molecule has 0 bridgehead atoms. The molecule has 0 heterocycles. The van der Waals surface area contributed by atoms with Gasteiger partial charge < -0.3 is 24.8 Å². The molecule has 0 aliphatic heterocycles. The number of amides is 2. The van der Waals surface area contributed by atoms with Crippen molar-refractivity contribution >= 4 is 17.5 Å². The number of methoxy groups -OCH3 is 3. The van der Waals surface area contributed by atoms with E-state index in [9.17, 15) is 9.59 Å². The summed E-state index contributed by atoms with van der Waals surface area (Å²) in [5.41, 5.74) is 2.00. The second-order valence-electron chi connectivity index (χ2n) is 6.56. The fourth-order valence-electron chi connectivity index (χ4n) is 3.09. The lowest BCUT2D eigenvalue weighted by Gasteiger charge is -2.14. The first kappa shape index (κ1) is 21.7. The normalized spacial score (nSPS) is 10.2. The third kappa shape index (κ3) is 5.14. The first-order chi connectivity index (χ1) is 15.1. The molecule has 3 aromatic rings. The van der Waals surface area contributed by atoms with Crippen LogP contribution in [0.2, 0.25) is 0 Å². The number of hydrogen-bond donors (Lipinski definition) is 2. The Labute approximate surface area is 180 Å². The van der Waals surface area contributed by atoms with Crippen LogP contribution in [0.25, 0.3) is 0 Å². The van der Waals surface area contributed by atoms with E-state index in [-0.39, 0.29) is 18.4 Å². The summed E-state index contributed by atoms with van der Waals surface area (Å²) in [6, 6.07) is 19.0. The Morgan fingerprint density at radius 1 is 0.774 bits per heavy atom. The lowest BCUT2D eigenvalue weighted by molar-refractivity contribution is 0.0951. The zero-order valence-electron chi connectivity index (χ0n) is 17.6. The molecule has 160 valence electrons. The molecule has 31 heavy (non-hydrogen) atoms. The highest BCUT2D eigenvalue weighted by Crippen LogP contribution is 2.30. The predicted octanol–water partition coefficient (Wildman–Crippen LogP) is 3.89. The van der Waals surface area contributed by atoms with E-state index in [1.165, 1.54) is 0 Å². The van der Waals surface area contributed by atoms with Crippen LogP contribution < -0.4 is 24.8 Å². The highest BCUT2D eigenvalue weighted by Gasteiger charge is 2.16. The average Bonchev–Trinajstić information content (AvgIpc) is 2.82. The molecular weight excluding hydrogens is 396 g/mol. The molecule has 0 saturated heterocycles. The quantitative estimate of drug-likeness (QED) is 0.577. The number of carbonyl (C=O) groups excluding carboxylic acids is 2. The van der Waals surface area contributed by atoms with Crippen LogP contribution in [0.3, 0.4) is 0 Å². The molecule has 7 nitrogen and oxygen atoms in total. The van der Waals surface area contributed by atoms with Crippen LogP contribution in [0.15, 0.2) is 66.7 Å². The van der Waals surface area contributed by atoms with Gasteiger partial charge in [-0.05, 0) is 42.5 Å². The zero-order valence-corrected chi connectivity index (χ0v) is 17.6. The van der Waals surface area contributed by atoms with Gasteiger partial charge in [0, 0.05) is 17.7 Å². The van der Waals surface area contributed by atoms with Gasteiger partial charge in [-0.2, -0.15) is 0 Å². The Bertz CT molecular complexity index is 1060. The number of hydrogen-bond acceptors (Lipinski definition) is 5. The molecule has 2 amide bonds. The molecule has 0 aliphatic carbocycles. The fourth-order valence-corrected chi connectivity index (χ4v) is 3.09. The fraction of sp³-hybridized carbons (Fsp3) is 0.167. The molecule has 2 N–H and O–H groups in total. The van der Waals surface area contributed by atoms with E-state index in [0.29, 0.717) is 34.1 Å². The van der Waals surface area contributed by atoms with Gasteiger partial charge in [0.2, 0.25) is 0 Å². The number of benzene rings is 3. The van der Waals surface area contributed by atoms with Crippen molar-refractivity contribution in [1.82, 2.24) is 5.32 Å². The molecule has 0 saturated carbocycles. The zero-order chi connectivity index (χ0) is 22.2. The van der Waals surface area contributed by atoms with E-state index >= 15 is 0 Å². The molecule has 0 atom stereocenters. The number of rotatable bonds is 8. The van der Waals surface area contributed by atoms with Crippen LogP contribution in [0, 0.1) is 0 Å². The SMILES string of the molecule is COc1ccc(C(=O)Nc2ccccc2C(=O)NCc2cccc(OC)c2OC)cc1. The minimum Gasteiger partial charge on any atom is -0.497 e. The Morgan fingerprint density at radius 2 is 1.52 bits per heavy atom. The molecular formula is C24H24N2O5. The van der Waals surface area contributed by atoms with Crippen molar-refractivity contribution in [2.24, 2.45) is 0 Å². The summed E-state index contributed by atoms with van der Waals surface area (Å²) in [7, 11) is 4.67. The maximum absolute atomic E-state index is 12.8. The van der Waals surface area contributed by atoms with Gasteiger partial charge in [0.15, 0.2) is 11.5 Å². The summed E-state index contributed by atoms with van der Waals surface area (Å²) in [6.45, 7) is 0.236. The Balaban J connectivity index is 1.74. The standard InChI is InChI=1S/C24H24N2O5/c1-29-18-13-11-16(12-14-18)23(27)26-20-9-5-4-8-19(20)24(28)25-15-17-7-6-10-21(30-2)22(17)31-3/h4-14H,15H2,1-3H3,(H,25,28)(H,26,27). The van der Waals surface area contributed by atoms with Gasteiger partial charge in [-0.3, -0.25) is 9.59 Å². The summed E-state index contributed by atoms with van der Waals surface area (Å²) >= 11 is 0. The molecule has 0 aromatic heterocycles. The largest absolute Gasteiger partial charge is 0.497 e. The van der Waals surface area contributed by atoms with Crippen molar-refractivity contribution in [3.63, 3.8) is 0 Å². The van der Waals surface area contributed by atoms with E-state index in [1.807, 2.05) is 12.1 Å². The summed E-state index contributed by atoms with van der Waals surface area (Å²) in [5.74, 6) is 1.16. The molecule has 0 aliphatic rings. The van der Waals surface area contributed by atoms with E-state index < -0.39 is 0 Å². The highest BCUT2D eigenvalue weighted by molar-refractivity contribution is 6.09. The third-order valence-electron chi connectivity index (χ3n) is 4.70. The van der Waals surface area contributed by atoms with Gasteiger partial charge in [-0.1, -0.05) is 24.3 Å². The Morgan fingerprint density at radius 3 is 2.19 bits per heavy atom. The second kappa shape index (κ2) is 10.2. The lowest BCUT2D eigenvalue weighted by atomic mass is 10.1. The van der Waals surface area contributed by atoms with Crippen molar-refractivity contribution in [3.05, 3.63) is 83.4 Å². The molecule has 0 fully saturated rings.